The van der Waals surface area contributed by atoms with E-state index in [-0.39, 0.29) is 34.3 Å². The Hall–Kier alpha value is -2.56. The number of benzene rings is 2. The average Bonchev–Trinajstić information content (AvgIpc) is 3.08. The monoisotopic (exact) mass is 689 g/mol. The molecule has 1 saturated heterocycles. The van der Waals surface area contributed by atoms with E-state index in [2.05, 4.69) is 9.47 Å². The van der Waals surface area contributed by atoms with Crippen LogP contribution in [0.15, 0.2) is 30.3 Å². The minimum Gasteiger partial charge on any atom is -0.465 e. The highest BCUT2D eigenvalue weighted by molar-refractivity contribution is 14.1. The first-order valence-corrected chi connectivity index (χ1v) is 10.9. The standard InChI is InChI=1S/C8H7FINO2.C8H8FNO2.C4H4INO2/c1-13-8(12)5-2-4(9)3-6(10)7(5)11;1-12-8(11)6-4-5(9)2-3-7(6)10;5-6-3(7)1-2-4(6)8/h2-3H,11H2,1H3;2-4H,10H2,1H3;1-2H2. The molecule has 9 nitrogen and oxygen atoms in total. The van der Waals surface area contributed by atoms with E-state index in [0.29, 0.717) is 16.4 Å². The number of nitrogens with zero attached hydrogens (tertiary/aromatic N) is 1. The molecule has 2 aromatic carbocycles. The summed E-state index contributed by atoms with van der Waals surface area (Å²) in [5.41, 5.74) is 11.5. The number of amides is 2. The summed E-state index contributed by atoms with van der Waals surface area (Å²) in [6, 6.07) is 5.86. The largest absolute Gasteiger partial charge is 0.465 e. The van der Waals surface area contributed by atoms with E-state index >= 15 is 0 Å². The minimum atomic E-state index is -0.632. The lowest BCUT2D eigenvalue weighted by atomic mass is 10.2. The SMILES string of the molecule is COC(=O)c1cc(F)cc(I)c1N.COC(=O)c1cc(F)ccc1N.O=C1CCC(=O)N1I. The average molecular weight is 689 g/mol. The maximum absolute atomic E-state index is 12.8. The third-order valence-electron chi connectivity index (χ3n) is 3.91. The van der Waals surface area contributed by atoms with Crippen molar-refractivity contribution < 1.29 is 37.4 Å². The van der Waals surface area contributed by atoms with Crippen molar-refractivity contribution in [2.45, 2.75) is 12.8 Å². The van der Waals surface area contributed by atoms with Gasteiger partial charge in [0, 0.05) is 22.1 Å². The van der Waals surface area contributed by atoms with Gasteiger partial charge in [-0.2, -0.15) is 0 Å². The molecule has 0 saturated carbocycles. The molecule has 0 aliphatic carbocycles. The highest BCUT2D eigenvalue weighted by atomic mass is 127. The van der Waals surface area contributed by atoms with Crippen LogP contribution in [-0.4, -0.2) is 41.1 Å². The minimum absolute atomic E-state index is 0.0532. The number of methoxy groups -OCH3 is 2. The summed E-state index contributed by atoms with van der Waals surface area (Å²) >= 11 is 3.57. The zero-order valence-electron chi connectivity index (χ0n) is 17.4. The van der Waals surface area contributed by atoms with Gasteiger partial charge < -0.3 is 20.9 Å². The zero-order chi connectivity index (χ0) is 25.3. The van der Waals surface area contributed by atoms with Gasteiger partial charge in [0.15, 0.2) is 0 Å². The number of anilines is 2. The van der Waals surface area contributed by atoms with Crippen LogP contribution < -0.4 is 11.5 Å². The number of esters is 2. The number of nitrogens with two attached hydrogens (primary N) is 2. The molecule has 1 fully saturated rings. The number of carbonyl (C=O) groups is 4. The van der Waals surface area contributed by atoms with Crippen LogP contribution in [0, 0.1) is 15.2 Å². The number of halogens is 4. The second-order valence-electron chi connectivity index (χ2n) is 6.13. The van der Waals surface area contributed by atoms with Gasteiger partial charge in [-0.15, -0.1) is 0 Å². The number of ether oxygens (including phenoxy) is 2. The molecular formula is C20H19F2I2N3O6. The quantitative estimate of drug-likeness (QED) is 0.161. The molecule has 2 aromatic rings. The van der Waals surface area contributed by atoms with Gasteiger partial charge in [0.25, 0.3) is 0 Å². The van der Waals surface area contributed by atoms with E-state index in [1.54, 1.807) is 22.9 Å². The molecule has 0 bridgehead atoms. The molecule has 13 heteroatoms. The smallest absolute Gasteiger partial charge is 0.340 e. The number of carbonyl (C=O) groups excluding carboxylic acids is 4. The van der Waals surface area contributed by atoms with Gasteiger partial charge in [-0.1, -0.05) is 0 Å². The van der Waals surface area contributed by atoms with Crippen molar-refractivity contribution in [3.05, 3.63) is 56.7 Å². The van der Waals surface area contributed by atoms with Gasteiger partial charge in [-0.25, -0.2) is 21.5 Å². The predicted molar refractivity (Wildman–Crippen MR) is 132 cm³/mol. The van der Waals surface area contributed by atoms with E-state index in [1.807, 2.05) is 22.6 Å². The maximum atomic E-state index is 12.8. The van der Waals surface area contributed by atoms with E-state index in [4.69, 9.17) is 11.5 Å². The Morgan fingerprint density at radius 1 is 0.909 bits per heavy atom. The van der Waals surface area contributed by atoms with Crippen LogP contribution in [0.5, 0.6) is 0 Å². The molecule has 3 rings (SSSR count). The summed E-state index contributed by atoms with van der Waals surface area (Å²) in [5.74, 6) is -2.42. The molecule has 2 amide bonds. The van der Waals surface area contributed by atoms with Crippen LogP contribution in [-0.2, 0) is 19.1 Å². The third kappa shape index (κ3) is 8.38. The van der Waals surface area contributed by atoms with Gasteiger partial charge >= 0.3 is 11.9 Å². The van der Waals surface area contributed by atoms with Crippen molar-refractivity contribution in [1.82, 2.24) is 3.11 Å². The Labute approximate surface area is 215 Å². The Morgan fingerprint density at radius 2 is 1.39 bits per heavy atom. The second kappa shape index (κ2) is 13.2. The van der Waals surface area contributed by atoms with Crippen molar-refractivity contribution in [1.29, 1.82) is 0 Å². The van der Waals surface area contributed by atoms with Crippen molar-refractivity contribution in [2.75, 3.05) is 25.7 Å². The lowest BCUT2D eigenvalue weighted by Gasteiger charge is -2.05. The highest BCUT2D eigenvalue weighted by Crippen LogP contribution is 2.22. The summed E-state index contributed by atoms with van der Waals surface area (Å²) in [7, 11) is 2.44. The molecule has 1 heterocycles. The Balaban J connectivity index is 0.000000254. The fraction of sp³-hybridized carbons (Fsp3) is 0.200. The topological polar surface area (TPSA) is 142 Å². The molecule has 33 heavy (non-hydrogen) atoms. The van der Waals surface area contributed by atoms with Gasteiger partial charge in [0.1, 0.15) is 11.6 Å². The number of hydrogen-bond acceptors (Lipinski definition) is 8. The summed E-state index contributed by atoms with van der Waals surface area (Å²) in [6.45, 7) is 0. The van der Waals surface area contributed by atoms with Crippen molar-refractivity contribution in [3.8, 4) is 0 Å². The number of nitrogen functional groups attached to an aromatic ring is 2. The molecule has 1 aliphatic rings. The van der Waals surface area contributed by atoms with E-state index < -0.39 is 23.6 Å². The molecule has 0 spiro atoms. The van der Waals surface area contributed by atoms with Crippen LogP contribution in [0.25, 0.3) is 0 Å². The lowest BCUT2D eigenvalue weighted by Crippen LogP contribution is -2.16. The van der Waals surface area contributed by atoms with E-state index in [1.165, 1.54) is 32.4 Å². The summed E-state index contributed by atoms with van der Waals surface area (Å²) in [6.07, 6.45) is 0.781. The highest BCUT2D eigenvalue weighted by Gasteiger charge is 2.26. The zero-order valence-corrected chi connectivity index (χ0v) is 21.7. The number of hydrogen-bond donors (Lipinski definition) is 2. The number of imide groups is 1. The normalized spacial score (nSPS) is 12.2. The van der Waals surface area contributed by atoms with Crippen LogP contribution in [0.4, 0.5) is 20.2 Å². The molecule has 0 atom stereocenters. The summed E-state index contributed by atoms with van der Waals surface area (Å²) < 4.78 is 35.9. The maximum Gasteiger partial charge on any atom is 0.340 e. The van der Waals surface area contributed by atoms with Crippen molar-refractivity contribution in [2.24, 2.45) is 0 Å². The van der Waals surface area contributed by atoms with Gasteiger partial charge in [0.2, 0.25) is 11.8 Å². The fourth-order valence-electron chi connectivity index (χ4n) is 2.23. The van der Waals surface area contributed by atoms with E-state index in [0.717, 1.165) is 15.2 Å². The molecule has 0 radical (unpaired) electrons. The lowest BCUT2D eigenvalue weighted by molar-refractivity contribution is -0.130. The molecular weight excluding hydrogens is 670 g/mol. The predicted octanol–water partition coefficient (Wildman–Crippen LogP) is 3.48. The Morgan fingerprint density at radius 3 is 1.85 bits per heavy atom. The number of rotatable bonds is 2. The Kier molecular flexibility index (Phi) is 11.4. The Bertz CT molecular complexity index is 1050. The first-order chi connectivity index (χ1) is 15.4. The second-order valence-corrected chi connectivity index (χ2v) is 8.26. The van der Waals surface area contributed by atoms with Gasteiger partial charge in [-0.3, -0.25) is 9.59 Å². The molecule has 1 aliphatic heterocycles. The molecule has 4 N–H and O–H groups in total. The van der Waals surface area contributed by atoms with Crippen LogP contribution in [0.1, 0.15) is 33.6 Å². The van der Waals surface area contributed by atoms with Crippen LogP contribution in [0.3, 0.4) is 0 Å². The van der Waals surface area contributed by atoms with Crippen molar-refractivity contribution >= 4 is 80.6 Å². The van der Waals surface area contributed by atoms with E-state index in [9.17, 15) is 28.0 Å². The van der Waals surface area contributed by atoms with Gasteiger partial charge in [0.05, 0.1) is 53.9 Å². The third-order valence-corrected chi connectivity index (χ3v) is 5.88. The fourth-order valence-corrected chi connectivity index (χ4v) is 3.30. The first-order valence-electron chi connectivity index (χ1n) is 8.90. The molecule has 178 valence electrons. The molecule has 0 unspecified atom stereocenters. The summed E-state index contributed by atoms with van der Waals surface area (Å²) in [5, 5.41) is 0. The summed E-state index contributed by atoms with van der Waals surface area (Å²) in [4.78, 5) is 42.9. The molecule has 0 aromatic heterocycles. The first kappa shape index (κ1) is 28.5. The van der Waals surface area contributed by atoms with Crippen LogP contribution >= 0.6 is 45.5 Å². The van der Waals surface area contributed by atoms with Crippen LogP contribution in [0.2, 0.25) is 0 Å². The van der Waals surface area contributed by atoms with Gasteiger partial charge in [-0.05, 0) is 52.9 Å². The van der Waals surface area contributed by atoms with Crippen molar-refractivity contribution in [3.63, 3.8) is 0 Å².